The first kappa shape index (κ1) is 21.1. The summed E-state index contributed by atoms with van der Waals surface area (Å²) in [6, 6.07) is 7.48. The van der Waals surface area contributed by atoms with Crippen molar-refractivity contribution in [1.82, 2.24) is 19.1 Å². The summed E-state index contributed by atoms with van der Waals surface area (Å²) in [5.41, 5.74) is -0.137. The van der Waals surface area contributed by atoms with E-state index in [2.05, 4.69) is 15.3 Å². The van der Waals surface area contributed by atoms with Crippen LogP contribution in [0.1, 0.15) is 12.5 Å². The molecule has 11 nitrogen and oxygen atoms in total. The third-order valence-corrected chi connectivity index (χ3v) is 4.55. The molecule has 0 aliphatic carbocycles. The van der Waals surface area contributed by atoms with E-state index in [1.807, 2.05) is 25.1 Å². The first-order valence-corrected chi connectivity index (χ1v) is 9.35. The van der Waals surface area contributed by atoms with Crippen molar-refractivity contribution < 1.29 is 19.7 Å². The van der Waals surface area contributed by atoms with Gasteiger partial charge in [0.1, 0.15) is 25.0 Å². The Morgan fingerprint density at radius 1 is 1.37 bits per heavy atom. The van der Waals surface area contributed by atoms with Gasteiger partial charge in [0.2, 0.25) is 5.95 Å². The van der Waals surface area contributed by atoms with E-state index >= 15 is 0 Å². The van der Waals surface area contributed by atoms with Gasteiger partial charge < -0.3 is 24.8 Å². The molecule has 0 aliphatic rings. The monoisotopic (exact) mass is 417 g/mol. The molecule has 4 N–H and O–H groups in total. The lowest BCUT2D eigenvalue weighted by Gasteiger charge is -2.16. The highest BCUT2D eigenvalue weighted by Gasteiger charge is 2.20. The Labute approximate surface area is 170 Å². The SMILES string of the molecule is CCc1cccc(OC[C@@H](O)Cn2c(NCC(=O)O)nc3c2c(=O)[nH]c(=O)n3C)c1. The zero-order chi connectivity index (χ0) is 21.8. The summed E-state index contributed by atoms with van der Waals surface area (Å²) < 4.78 is 8.12. The molecule has 2 aromatic heterocycles. The van der Waals surface area contributed by atoms with Crippen molar-refractivity contribution in [3.05, 3.63) is 50.7 Å². The minimum Gasteiger partial charge on any atom is -0.491 e. The molecule has 3 aromatic rings. The molecular weight excluding hydrogens is 394 g/mol. The van der Waals surface area contributed by atoms with Crippen LogP contribution in [-0.2, 0) is 24.8 Å². The zero-order valence-corrected chi connectivity index (χ0v) is 16.6. The number of carboxylic acids is 1. The molecular formula is C19H23N5O6. The molecule has 160 valence electrons. The molecule has 2 heterocycles. The highest BCUT2D eigenvalue weighted by molar-refractivity contribution is 5.76. The van der Waals surface area contributed by atoms with Gasteiger partial charge in [-0.15, -0.1) is 0 Å². The van der Waals surface area contributed by atoms with E-state index in [0.717, 1.165) is 16.6 Å². The number of imidazole rings is 1. The molecule has 1 aromatic carbocycles. The predicted molar refractivity (Wildman–Crippen MR) is 109 cm³/mol. The van der Waals surface area contributed by atoms with E-state index in [9.17, 15) is 19.5 Å². The summed E-state index contributed by atoms with van der Waals surface area (Å²) in [7, 11) is 1.43. The Morgan fingerprint density at radius 3 is 2.83 bits per heavy atom. The van der Waals surface area contributed by atoms with Crippen molar-refractivity contribution in [1.29, 1.82) is 0 Å². The number of aromatic nitrogens is 4. The molecule has 3 rings (SSSR count). The van der Waals surface area contributed by atoms with Crippen LogP contribution in [0, 0.1) is 0 Å². The van der Waals surface area contributed by atoms with Gasteiger partial charge in [-0.2, -0.15) is 4.98 Å². The van der Waals surface area contributed by atoms with Crippen LogP contribution in [0.15, 0.2) is 33.9 Å². The van der Waals surface area contributed by atoms with Gasteiger partial charge >= 0.3 is 11.7 Å². The molecule has 0 radical (unpaired) electrons. The predicted octanol–water partition coefficient (Wildman–Crippen LogP) is -0.0779. The second-order valence-corrected chi connectivity index (χ2v) is 6.75. The number of carbonyl (C=O) groups is 1. The number of H-pyrrole nitrogens is 1. The van der Waals surface area contributed by atoms with Crippen LogP contribution in [0.4, 0.5) is 5.95 Å². The average molecular weight is 417 g/mol. The highest BCUT2D eigenvalue weighted by atomic mass is 16.5. The molecule has 11 heteroatoms. The van der Waals surface area contributed by atoms with Crippen LogP contribution in [0.2, 0.25) is 0 Å². The van der Waals surface area contributed by atoms with Crippen LogP contribution < -0.4 is 21.3 Å². The van der Waals surface area contributed by atoms with Gasteiger partial charge in [0, 0.05) is 7.05 Å². The van der Waals surface area contributed by atoms with Crippen molar-refractivity contribution >= 4 is 23.1 Å². The number of carboxylic acid groups (broad SMARTS) is 1. The maximum Gasteiger partial charge on any atom is 0.329 e. The van der Waals surface area contributed by atoms with Crippen LogP contribution >= 0.6 is 0 Å². The van der Waals surface area contributed by atoms with Gasteiger partial charge in [-0.25, -0.2) is 4.79 Å². The molecule has 0 unspecified atom stereocenters. The Balaban J connectivity index is 1.88. The molecule has 0 amide bonds. The number of benzene rings is 1. The molecule has 0 fully saturated rings. The van der Waals surface area contributed by atoms with E-state index in [1.165, 1.54) is 11.6 Å². The maximum atomic E-state index is 12.4. The molecule has 0 saturated heterocycles. The molecule has 30 heavy (non-hydrogen) atoms. The summed E-state index contributed by atoms with van der Waals surface area (Å²) in [4.78, 5) is 41.5. The number of nitrogens with zero attached hydrogens (tertiary/aromatic N) is 3. The fourth-order valence-electron chi connectivity index (χ4n) is 3.01. The fraction of sp³-hybridized carbons (Fsp3) is 0.368. The number of hydrogen-bond acceptors (Lipinski definition) is 7. The van der Waals surface area contributed by atoms with Crippen LogP contribution in [0.3, 0.4) is 0 Å². The standard InChI is InChI=1S/C19H23N5O6/c1-3-11-5-4-6-13(7-11)30-10-12(25)9-24-15-16(21-18(24)20-8-14(26)27)23(2)19(29)22-17(15)28/h4-7,12,25H,3,8-10H2,1-2H3,(H,20,21)(H,26,27)(H,22,28,29)/t12-/m0/s1. The summed E-state index contributed by atoms with van der Waals surface area (Å²) in [6.07, 6.45) is -0.185. The summed E-state index contributed by atoms with van der Waals surface area (Å²) in [6.45, 7) is 1.41. The van der Waals surface area contributed by atoms with Crippen molar-refractivity contribution in [2.75, 3.05) is 18.5 Å². The van der Waals surface area contributed by atoms with Crippen molar-refractivity contribution in [2.45, 2.75) is 26.0 Å². The minimum atomic E-state index is -1.13. The second-order valence-electron chi connectivity index (χ2n) is 6.75. The fourth-order valence-corrected chi connectivity index (χ4v) is 3.01. The number of ether oxygens (including phenoxy) is 1. The normalized spacial score (nSPS) is 12.1. The molecule has 0 aliphatic heterocycles. The van der Waals surface area contributed by atoms with Gasteiger partial charge in [-0.05, 0) is 24.1 Å². The van der Waals surface area contributed by atoms with Crippen LogP contribution in [0.5, 0.6) is 5.75 Å². The van der Waals surface area contributed by atoms with Gasteiger partial charge in [-0.1, -0.05) is 19.1 Å². The number of aromatic amines is 1. The van der Waals surface area contributed by atoms with Crippen molar-refractivity contribution in [3.63, 3.8) is 0 Å². The van der Waals surface area contributed by atoms with Crippen LogP contribution in [-0.4, -0.2) is 54.5 Å². The van der Waals surface area contributed by atoms with Gasteiger partial charge in [0.05, 0.1) is 6.54 Å². The lowest BCUT2D eigenvalue weighted by atomic mass is 10.2. The zero-order valence-electron chi connectivity index (χ0n) is 16.6. The number of nitrogens with one attached hydrogen (secondary N) is 2. The first-order chi connectivity index (χ1) is 14.3. The lowest BCUT2D eigenvalue weighted by molar-refractivity contribution is -0.134. The van der Waals surface area contributed by atoms with E-state index in [-0.39, 0.29) is 30.3 Å². The molecule has 1 atom stereocenters. The van der Waals surface area contributed by atoms with Gasteiger partial charge in [0.15, 0.2) is 11.2 Å². The van der Waals surface area contributed by atoms with E-state index in [1.54, 1.807) is 6.07 Å². The quantitative estimate of drug-likeness (QED) is 0.377. The molecule has 0 spiro atoms. The van der Waals surface area contributed by atoms with E-state index in [0.29, 0.717) is 5.75 Å². The van der Waals surface area contributed by atoms with Crippen molar-refractivity contribution in [3.8, 4) is 5.75 Å². The number of aliphatic carboxylic acids is 1. The number of fused-ring (bicyclic) bond motifs is 1. The van der Waals surface area contributed by atoms with Gasteiger partial charge in [0.25, 0.3) is 5.56 Å². The summed E-state index contributed by atoms with van der Waals surface area (Å²) >= 11 is 0. The van der Waals surface area contributed by atoms with Gasteiger partial charge in [-0.3, -0.25) is 19.1 Å². The summed E-state index contributed by atoms with van der Waals surface area (Å²) in [5.74, 6) is -0.476. The maximum absolute atomic E-state index is 12.4. The lowest BCUT2D eigenvalue weighted by Crippen LogP contribution is -2.31. The largest absolute Gasteiger partial charge is 0.491 e. The van der Waals surface area contributed by atoms with Crippen LogP contribution in [0.25, 0.3) is 11.2 Å². The number of aliphatic hydroxyl groups excluding tert-OH is 1. The third kappa shape index (κ3) is 4.51. The van der Waals surface area contributed by atoms with E-state index in [4.69, 9.17) is 9.84 Å². The van der Waals surface area contributed by atoms with Crippen molar-refractivity contribution in [2.24, 2.45) is 7.05 Å². The first-order valence-electron chi connectivity index (χ1n) is 9.35. The minimum absolute atomic E-state index is 0.0389. The number of aliphatic hydroxyl groups is 1. The number of hydrogen-bond donors (Lipinski definition) is 4. The molecule has 0 saturated carbocycles. The Morgan fingerprint density at radius 2 is 2.13 bits per heavy atom. The topological polar surface area (TPSA) is 151 Å². The van der Waals surface area contributed by atoms with E-state index < -0.39 is 29.9 Å². The summed E-state index contributed by atoms with van der Waals surface area (Å²) in [5, 5.41) is 22.0. The third-order valence-electron chi connectivity index (χ3n) is 4.55. The highest BCUT2D eigenvalue weighted by Crippen LogP contribution is 2.17. The number of rotatable bonds is 9. The Hall–Kier alpha value is -3.60. The number of aryl methyl sites for hydroxylation is 2. The molecule has 0 bridgehead atoms. The Bertz CT molecular complexity index is 1180. The smallest absolute Gasteiger partial charge is 0.329 e. The Kier molecular flexibility index (Phi) is 6.21. The second kappa shape index (κ2) is 8.82. The number of anilines is 1. The average Bonchev–Trinajstić information content (AvgIpc) is 3.08.